The largest absolute Gasteiger partial charge is 0.324 e. The Kier molecular flexibility index (Phi) is 4.77. The van der Waals surface area contributed by atoms with Gasteiger partial charge in [0.05, 0.1) is 5.69 Å². The lowest BCUT2D eigenvalue weighted by Gasteiger charge is -2.10. The Morgan fingerprint density at radius 3 is 2.40 bits per heavy atom. The second-order valence-electron chi connectivity index (χ2n) is 4.07. The molecule has 0 aliphatic rings. The third-order valence-corrected chi connectivity index (χ3v) is 3.14. The summed E-state index contributed by atoms with van der Waals surface area (Å²) in [6.45, 7) is 0. The molecule has 0 saturated carbocycles. The Hall–Kier alpha value is -1.84. The number of carbonyl (C=O) groups is 2. The maximum atomic E-state index is 12.4. The SMILES string of the molecule is O=C(CCl)N[13c]1[13cH][13cH][13c](Cl)[13cH][13c]1C(=O)c1ccccc1. The van der Waals surface area contributed by atoms with Crippen molar-refractivity contribution < 1.29 is 9.59 Å². The smallest absolute Gasteiger partial charge is 0.239 e. The van der Waals surface area contributed by atoms with Crippen LogP contribution >= 0.6 is 23.2 Å². The van der Waals surface area contributed by atoms with Crippen molar-refractivity contribution in [2.75, 3.05) is 11.2 Å². The number of rotatable bonds is 4. The topological polar surface area (TPSA) is 46.2 Å². The average Bonchev–Trinajstić information content (AvgIpc) is 2.49. The fraction of sp³-hybridized carbons (Fsp3) is 0.0667. The zero-order chi connectivity index (χ0) is 14.5. The van der Waals surface area contributed by atoms with Crippen LogP contribution < -0.4 is 5.32 Å². The van der Waals surface area contributed by atoms with Gasteiger partial charge in [-0.3, -0.25) is 9.59 Å². The van der Waals surface area contributed by atoms with E-state index in [-0.39, 0.29) is 17.6 Å². The molecule has 3 nitrogen and oxygen atoms in total. The molecule has 0 unspecified atom stereocenters. The van der Waals surface area contributed by atoms with Crippen LogP contribution in [0.4, 0.5) is 5.69 Å². The third-order valence-electron chi connectivity index (χ3n) is 2.66. The van der Waals surface area contributed by atoms with E-state index < -0.39 is 0 Å². The first-order valence-corrected chi connectivity index (χ1v) is 6.78. The highest BCUT2D eigenvalue weighted by Gasteiger charge is 2.15. The maximum absolute atomic E-state index is 12.4. The minimum absolute atomic E-state index is 0.179. The van der Waals surface area contributed by atoms with E-state index in [0.717, 1.165) is 0 Å². The lowest BCUT2D eigenvalue weighted by molar-refractivity contribution is -0.113. The number of alkyl halides is 1. The number of ketones is 1. The molecule has 0 fully saturated rings. The molecule has 1 N–H and O–H groups in total. The number of nitrogens with one attached hydrogen (secondary N) is 1. The molecule has 20 heavy (non-hydrogen) atoms. The molecule has 1 amide bonds. The van der Waals surface area contributed by atoms with Gasteiger partial charge in [0.25, 0.3) is 0 Å². The van der Waals surface area contributed by atoms with Crippen LogP contribution in [0.2, 0.25) is 5.02 Å². The van der Waals surface area contributed by atoms with Crippen molar-refractivity contribution in [3.05, 3.63) is 64.7 Å². The second kappa shape index (κ2) is 6.55. The summed E-state index contributed by atoms with van der Waals surface area (Å²) in [6, 6.07) is 13.5. The lowest BCUT2D eigenvalue weighted by Crippen LogP contribution is -2.16. The molecule has 0 aliphatic heterocycles. The van der Waals surface area contributed by atoms with Crippen molar-refractivity contribution >= 4 is 40.6 Å². The van der Waals surface area contributed by atoms with Gasteiger partial charge in [-0.25, -0.2) is 0 Å². The summed E-state index contributed by atoms with van der Waals surface area (Å²) in [5, 5.41) is 3.01. The predicted octanol–water partition coefficient (Wildman–Crippen LogP) is 3.75. The number of anilines is 1. The van der Waals surface area contributed by atoms with E-state index in [1.54, 1.807) is 36.4 Å². The summed E-state index contributed by atoms with van der Waals surface area (Å²) in [7, 11) is 0. The first kappa shape index (κ1) is 14.6. The zero-order valence-corrected chi connectivity index (χ0v) is 11.9. The number of amides is 1. The van der Waals surface area contributed by atoms with Gasteiger partial charge in [0.15, 0.2) is 5.78 Å². The summed E-state index contributed by atoms with van der Waals surface area (Å²) >= 11 is 11.4. The zero-order valence-electron chi connectivity index (χ0n) is 10.4. The van der Waals surface area contributed by atoms with Crippen molar-refractivity contribution in [1.29, 1.82) is 0 Å². The van der Waals surface area contributed by atoms with Gasteiger partial charge in [-0.1, -0.05) is 41.9 Å². The van der Waals surface area contributed by atoms with Gasteiger partial charge in [0.2, 0.25) is 5.91 Å². The quantitative estimate of drug-likeness (QED) is 0.690. The van der Waals surface area contributed by atoms with Gasteiger partial charge in [-0.15, -0.1) is 11.6 Å². The van der Waals surface area contributed by atoms with Crippen LogP contribution in [-0.4, -0.2) is 17.6 Å². The number of benzene rings is 2. The normalized spacial score (nSPS) is 10.1. The summed E-state index contributed by atoms with van der Waals surface area (Å²) in [5.41, 5.74) is 1.26. The van der Waals surface area contributed by atoms with E-state index in [1.807, 2.05) is 6.07 Å². The van der Waals surface area contributed by atoms with E-state index in [2.05, 4.69) is 5.32 Å². The minimum Gasteiger partial charge on any atom is -0.324 e. The van der Waals surface area contributed by atoms with Crippen LogP contribution in [0.25, 0.3) is 0 Å². The minimum atomic E-state index is -0.379. The number of carbonyl (C=O) groups excluding carboxylic acids is 2. The van der Waals surface area contributed by atoms with Crippen LogP contribution in [0, 0.1) is 0 Å². The summed E-state index contributed by atoms with van der Waals surface area (Å²) < 4.78 is 0. The Labute approximate surface area is 126 Å². The molecule has 0 spiro atoms. The molecule has 0 aliphatic carbocycles. The fourth-order valence-electron chi connectivity index (χ4n) is 1.74. The molecular formula is C15H11Cl2NO2. The Morgan fingerprint density at radius 2 is 1.75 bits per heavy atom. The van der Waals surface area contributed by atoms with Gasteiger partial charge in [-0.2, -0.15) is 0 Å². The third kappa shape index (κ3) is 3.38. The van der Waals surface area contributed by atoms with Gasteiger partial charge < -0.3 is 5.32 Å². The van der Waals surface area contributed by atoms with Gasteiger partial charge in [-0.05, 0) is 18.2 Å². The number of hydrogen-bond donors (Lipinski definition) is 1. The summed E-state index contributed by atoms with van der Waals surface area (Å²) in [4.78, 5) is 23.8. The highest BCUT2D eigenvalue weighted by Crippen LogP contribution is 2.23. The van der Waals surface area contributed by atoms with Crippen LogP contribution in [0.15, 0.2) is 48.5 Å². The molecule has 5 heteroatoms. The Balaban J connectivity index is 2.41. The second-order valence-corrected chi connectivity index (χ2v) is 4.77. The molecule has 102 valence electrons. The van der Waals surface area contributed by atoms with E-state index in [0.29, 0.717) is 21.8 Å². The predicted molar refractivity (Wildman–Crippen MR) is 80.7 cm³/mol. The van der Waals surface area contributed by atoms with Crippen LogP contribution in [0.5, 0.6) is 0 Å². The monoisotopic (exact) mass is 313 g/mol. The standard InChI is InChI=1S/C15H11Cl2NO2/c16-9-14(19)18-13-7-6-11(17)8-12(13)15(20)10-4-2-1-3-5-10/h1-8H,9H2,(H,18,19)/i6+1,7+1,8+1,11+1,12+1,13+1. The molecule has 0 heterocycles. The van der Waals surface area contributed by atoms with Crippen molar-refractivity contribution in [1.82, 2.24) is 0 Å². The van der Waals surface area contributed by atoms with Gasteiger partial charge in [0.1, 0.15) is 5.88 Å². The van der Waals surface area contributed by atoms with Crippen LogP contribution in [0.3, 0.4) is 0 Å². The van der Waals surface area contributed by atoms with Crippen molar-refractivity contribution in [3.63, 3.8) is 0 Å². The first-order chi connectivity index (χ1) is 9.61. The molecule has 0 radical (unpaired) electrons. The lowest BCUT2D eigenvalue weighted by atomic mass is 10.2. The molecule has 0 aromatic heterocycles. The van der Waals surface area contributed by atoms with Crippen LogP contribution in [-0.2, 0) is 4.79 Å². The van der Waals surface area contributed by atoms with Crippen LogP contribution in [0.1, 0.15) is 15.9 Å². The first-order valence-electron chi connectivity index (χ1n) is 5.87. The number of hydrogen-bond acceptors (Lipinski definition) is 2. The van der Waals surface area contributed by atoms with Crippen molar-refractivity contribution in [2.45, 2.75) is 0 Å². The maximum Gasteiger partial charge on any atom is 0.239 e. The van der Waals surface area contributed by atoms with Gasteiger partial charge in [0, 0.05) is 16.1 Å². The summed E-state index contributed by atoms with van der Waals surface area (Å²) in [5.74, 6) is -0.768. The highest BCUT2D eigenvalue weighted by atomic mass is 35.5. The molecule has 0 saturated heterocycles. The van der Waals surface area contributed by atoms with E-state index in [1.165, 1.54) is 6.07 Å². The molecule has 2 rings (SSSR count). The molecule has 2 aromatic rings. The van der Waals surface area contributed by atoms with E-state index >= 15 is 0 Å². The van der Waals surface area contributed by atoms with Gasteiger partial charge >= 0.3 is 0 Å². The fourth-order valence-corrected chi connectivity index (χ4v) is 1.98. The molecule has 0 atom stereocenters. The molecule has 2 aromatic carbocycles. The van der Waals surface area contributed by atoms with Crippen molar-refractivity contribution in [2.24, 2.45) is 0 Å². The highest BCUT2D eigenvalue weighted by molar-refractivity contribution is 6.32. The van der Waals surface area contributed by atoms with E-state index in [9.17, 15) is 9.59 Å². The van der Waals surface area contributed by atoms with Crippen molar-refractivity contribution in [3.8, 4) is 0 Å². The summed E-state index contributed by atoms with van der Waals surface area (Å²) in [6.07, 6.45) is 0. The number of halogens is 2. The Bertz CT molecular complexity index is 642. The average molecular weight is 314 g/mol. The Morgan fingerprint density at radius 1 is 1.05 bits per heavy atom. The molecular weight excluding hydrogens is 303 g/mol. The molecule has 0 bridgehead atoms. The van der Waals surface area contributed by atoms with E-state index in [4.69, 9.17) is 23.2 Å².